The standard InChI is InChI=1S/C21H28FN5O3/c1-3-8-23-18(28)14-26-9-11-27(12-10-26)20(29)7-6-19-24-21(25-30-19)16-4-5-17(22)15(2)13-16/h4-5,13H,3,6-12,14H2,1-2H3,(H,23,28). The van der Waals surface area contributed by atoms with E-state index in [1.54, 1.807) is 24.0 Å². The summed E-state index contributed by atoms with van der Waals surface area (Å²) in [5.74, 6) is 0.541. The third-order valence-electron chi connectivity index (χ3n) is 5.10. The molecule has 8 nitrogen and oxygen atoms in total. The highest BCUT2D eigenvalue weighted by atomic mass is 19.1. The van der Waals surface area contributed by atoms with Gasteiger partial charge in [0.2, 0.25) is 23.5 Å². The first-order valence-electron chi connectivity index (χ1n) is 10.3. The summed E-state index contributed by atoms with van der Waals surface area (Å²) in [6.07, 6.45) is 1.55. The molecular weight excluding hydrogens is 389 g/mol. The molecule has 0 radical (unpaired) electrons. The van der Waals surface area contributed by atoms with Crippen molar-refractivity contribution in [3.8, 4) is 11.4 Å². The minimum absolute atomic E-state index is 0.0279. The third kappa shape index (κ3) is 5.85. The highest BCUT2D eigenvalue weighted by Crippen LogP contribution is 2.19. The summed E-state index contributed by atoms with van der Waals surface area (Å²) < 4.78 is 18.7. The van der Waals surface area contributed by atoms with Gasteiger partial charge >= 0.3 is 0 Å². The number of carbonyl (C=O) groups excluding carboxylic acids is 2. The zero-order valence-electron chi connectivity index (χ0n) is 17.5. The minimum Gasteiger partial charge on any atom is -0.355 e. The van der Waals surface area contributed by atoms with E-state index in [9.17, 15) is 14.0 Å². The molecule has 30 heavy (non-hydrogen) atoms. The lowest BCUT2D eigenvalue weighted by Crippen LogP contribution is -2.51. The first-order valence-corrected chi connectivity index (χ1v) is 10.3. The number of carbonyl (C=O) groups is 2. The Kier molecular flexibility index (Phi) is 7.51. The van der Waals surface area contributed by atoms with Crippen molar-refractivity contribution >= 4 is 11.8 Å². The number of hydrogen-bond donors (Lipinski definition) is 1. The molecule has 0 unspecified atom stereocenters. The van der Waals surface area contributed by atoms with Crippen LogP contribution in [0.2, 0.25) is 0 Å². The molecule has 1 saturated heterocycles. The molecule has 0 aliphatic carbocycles. The van der Waals surface area contributed by atoms with Gasteiger partial charge in [0.1, 0.15) is 5.82 Å². The van der Waals surface area contributed by atoms with E-state index in [0.717, 1.165) is 6.42 Å². The Hall–Kier alpha value is -2.81. The van der Waals surface area contributed by atoms with Crippen LogP contribution in [0.4, 0.5) is 4.39 Å². The van der Waals surface area contributed by atoms with Gasteiger partial charge in [-0.2, -0.15) is 4.98 Å². The molecule has 1 aromatic heterocycles. The van der Waals surface area contributed by atoms with Gasteiger partial charge in [0, 0.05) is 51.1 Å². The Morgan fingerprint density at radius 1 is 1.23 bits per heavy atom. The van der Waals surface area contributed by atoms with Crippen molar-refractivity contribution in [2.45, 2.75) is 33.1 Å². The Balaban J connectivity index is 1.44. The number of nitrogens with one attached hydrogen (secondary N) is 1. The van der Waals surface area contributed by atoms with E-state index in [4.69, 9.17) is 4.52 Å². The molecule has 0 atom stereocenters. The summed E-state index contributed by atoms with van der Waals surface area (Å²) in [6, 6.07) is 4.64. The summed E-state index contributed by atoms with van der Waals surface area (Å²) >= 11 is 0. The molecule has 0 bridgehead atoms. The average Bonchev–Trinajstić information content (AvgIpc) is 3.22. The molecular formula is C21H28FN5O3. The number of nitrogens with zero attached hydrogens (tertiary/aromatic N) is 4. The van der Waals surface area contributed by atoms with Crippen molar-refractivity contribution < 1.29 is 18.5 Å². The molecule has 1 fully saturated rings. The fourth-order valence-electron chi connectivity index (χ4n) is 3.31. The molecule has 1 N–H and O–H groups in total. The summed E-state index contributed by atoms with van der Waals surface area (Å²) in [6.45, 7) is 7.32. The summed E-state index contributed by atoms with van der Waals surface area (Å²) in [5.41, 5.74) is 1.19. The van der Waals surface area contributed by atoms with Gasteiger partial charge in [0.15, 0.2) is 0 Å². The summed E-state index contributed by atoms with van der Waals surface area (Å²) in [5, 5.41) is 6.80. The largest absolute Gasteiger partial charge is 0.355 e. The minimum atomic E-state index is -0.283. The molecule has 2 aromatic rings. The van der Waals surface area contributed by atoms with Crippen molar-refractivity contribution in [3.63, 3.8) is 0 Å². The highest BCUT2D eigenvalue weighted by Gasteiger charge is 2.22. The monoisotopic (exact) mass is 417 g/mol. The van der Waals surface area contributed by atoms with E-state index >= 15 is 0 Å². The van der Waals surface area contributed by atoms with E-state index in [2.05, 4.69) is 20.4 Å². The summed E-state index contributed by atoms with van der Waals surface area (Å²) in [4.78, 5) is 32.5. The van der Waals surface area contributed by atoms with Gasteiger partial charge in [0.05, 0.1) is 6.54 Å². The van der Waals surface area contributed by atoms with Crippen LogP contribution in [0.1, 0.15) is 31.2 Å². The second-order valence-corrected chi connectivity index (χ2v) is 7.48. The van der Waals surface area contributed by atoms with E-state index in [0.29, 0.717) is 68.5 Å². The fraction of sp³-hybridized carbons (Fsp3) is 0.524. The van der Waals surface area contributed by atoms with E-state index in [1.165, 1.54) is 6.07 Å². The van der Waals surface area contributed by atoms with Crippen molar-refractivity contribution in [1.29, 1.82) is 0 Å². The van der Waals surface area contributed by atoms with Crippen LogP contribution in [0.5, 0.6) is 0 Å². The van der Waals surface area contributed by atoms with E-state index < -0.39 is 0 Å². The third-order valence-corrected chi connectivity index (χ3v) is 5.10. The van der Waals surface area contributed by atoms with E-state index in [-0.39, 0.29) is 24.1 Å². The fourth-order valence-corrected chi connectivity index (χ4v) is 3.31. The zero-order chi connectivity index (χ0) is 21.5. The van der Waals surface area contributed by atoms with Crippen LogP contribution in [-0.4, -0.2) is 71.0 Å². The number of piperazine rings is 1. The molecule has 2 heterocycles. The maximum atomic E-state index is 13.4. The topological polar surface area (TPSA) is 91.6 Å². The second kappa shape index (κ2) is 10.3. The Bertz CT molecular complexity index is 877. The van der Waals surface area contributed by atoms with Crippen molar-refractivity contribution in [2.24, 2.45) is 0 Å². The van der Waals surface area contributed by atoms with Gasteiger partial charge in [0.25, 0.3) is 0 Å². The Labute approximate surface area is 175 Å². The van der Waals surface area contributed by atoms with Gasteiger partial charge in [-0.05, 0) is 37.1 Å². The number of halogens is 1. The number of aromatic nitrogens is 2. The second-order valence-electron chi connectivity index (χ2n) is 7.48. The van der Waals surface area contributed by atoms with Crippen LogP contribution < -0.4 is 5.32 Å². The highest BCUT2D eigenvalue weighted by molar-refractivity contribution is 5.78. The van der Waals surface area contributed by atoms with Crippen LogP contribution in [0.15, 0.2) is 22.7 Å². The van der Waals surface area contributed by atoms with Gasteiger partial charge in [-0.1, -0.05) is 12.1 Å². The quantitative estimate of drug-likeness (QED) is 0.704. The van der Waals surface area contributed by atoms with Gasteiger partial charge in [-0.3, -0.25) is 14.5 Å². The maximum absolute atomic E-state index is 13.4. The Morgan fingerprint density at radius 2 is 2.00 bits per heavy atom. The molecule has 3 rings (SSSR count). The van der Waals surface area contributed by atoms with E-state index in [1.807, 2.05) is 6.92 Å². The number of benzene rings is 1. The normalized spacial score (nSPS) is 14.7. The van der Waals surface area contributed by atoms with Crippen molar-refractivity contribution in [3.05, 3.63) is 35.5 Å². The van der Waals surface area contributed by atoms with Crippen molar-refractivity contribution in [2.75, 3.05) is 39.3 Å². The first-order chi connectivity index (χ1) is 14.5. The molecule has 2 amide bonds. The number of aryl methyl sites for hydroxylation is 2. The predicted octanol–water partition coefficient (Wildman–Crippen LogP) is 1.79. The van der Waals surface area contributed by atoms with Crippen LogP contribution in [0.25, 0.3) is 11.4 Å². The molecule has 162 valence electrons. The number of rotatable bonds is 8. The van der Waals surface area contributed by atoms with Gasteiger partial charge in [-0.15, -0.1) is 0 Å². The number of amides is 2. The van der Waals surface area contributed by atoms with Crippen LogP contribution in [-0.2, 0) is 16.0 Å². The Morgan fingerprint density at radius 3 is 2.70 bits per heavy atom. The zero-order valence-corrected chi connectivity index (χ0v) is 17.5. The van der Waals surface area contributed by atoms with Crippen molar-refractivity contribution in [1.82, 2.24) is 25.3 Å². The first kappa shape index (κ1) is 21.9. The van der Waals surface area contributed by atoms with Crippen LogP contribution >= 0.6 is 0 Å². The van der Waals surface area contributed by atoms with Crippen LogP contribution in [0.3, 0.4) is 0 Å². The molecule has 1 aliphatic heterocycles. The SMILES string of the molecule is CCCNC(=O)CN1CCN(C(=O)CCc2nc(-c3ccc(F)c(C)c3)no2)CC1. The number of hydrogen-bond acceptors (Lipinski definition) is 6. The molecule has 1 aliphatic rings. The molecule has 1 aromatic carbocycles. The lowest BCUT2D eigenvalue weighted by molar-refractivity contribution is -0.133. The van der Waals surface area contributed by atoms with Crippen LogP contribution in [0, 0.1) is 12.7 Å². The predicted molar refractivity (Wildman–Crippen MR) is 109 cm³/mol. The molecule has 9 heteroatoms. The average molecular weight is 417 g/mol. The lowest BCUT2D eigenvalue weighted by Gasteiger charge is -2.34. The van der Waals surface area contributed by atoms with Gasteiger partial charge < -0.3 is 14.7 Å². The molecule has 0 spiro atoms. The van der Waals surface area contributed by atoms with Gasteiger partial charge in [-0.25, -0.2) is 4.39 Å². The summed E-state index contributed by atoms with van der Waals surface area (Å²) in [7, 11) is 0. The smallest absolute Gasteiger partial charge is 0.234 e. The maximum Gasteiger partial charge on any atom is 0.234 e. The lowest BCUT2D eigenvalue weighted by atomic mass is 10.1. The molecule has 0 saturated carbocycles.